The molecule has 0 amide bonds. The van der Waals surface area contributed by atoms with Crippen LogP contribution < -0.4 is 10.6 Å². The molecule has 6 aromatic rings. The highest BCUT2D eigenvalue weighted by Crippen LogP contribution is 2.42. The van der Waals surface area contributed by atoms with Crippen molar-refractivity contribution in [1.29, 1.82) is 0 Å². The maximum Gasteiger partial charge on any atom is 0.0390 e. The van der Waals surface area contributed by atoms with Crippen LogP contribution in [0.2, 0.25) is 0 Å². The van der Waals surface area contributed by atoms with Gasteiger partial charge in [-0.2, -0.15) is 0 Å². The van der Waals surface area contributed by atoms with Gasteiger partial charge in [-0.15, -0.1) is 0 Å². The number of hydrogen-bond donors (Lipinski definition) is 2. The van der Waals surface area contributed by atoms with Crippen LogP contribution in [-0.4, -0.2) is 0 Å². The van der Waals surface area contributed by atoms with Crippen LogP contribution in [0.15, 0.2) is 142 Å². The Labute approximate surface area is 302 Å². The van der Waals surface area contributed by atoms with Crippen LogP contribution in [-0.2, 0) is 10.8 Å². The molecule has 0 aromatic heterocycles. The lowest BCUT2D eigenvalue weighted by Crippen LogP contribution is -2.10. The summed E-state index contributed by atoms with van der Waals surface area (Å²) in [6, 6.07) is 48.1. The van der Waals surface area contributed by atoms with Crippen molar-refractivity contribution in [3.8, 4) is 33.4 Å². The lowest BCUT2D eigenvalue weighted by Gasteiger charge is -2.20. The molecule has 0 bridgehead atoms. The van der Waals surface area contributed by atoms with Gasteiger partial charge in [-0.1, -0.05) is 134 Å². The molecule has 0 aliphatic heterocycles. The highest BCUT2D eigenvalue weighted by atomic mass is 79.9. The molecule has 0 aliphatic rings. The molecule has 4 heteroatoms. The Morgan fingerprint density at radius 3 is 0.979 bits per heavy atom. The first-order valence-corrected chi connectivity index (χ1v) is 18.0. The summed E-state index contributed by atoms with van der Waals surface area (Å²) in [7, 11) is 0. The SMILES string of the molecule is CC(C)(C)c1ccc(Nc2ccc(-c3ccc(Nc4ccc(C(C)(C)C)cc4)cc3-c3ccc(Br)cc3)c(-c3ccc(Br)cc3)c2)cc1. The molecule has 0 saturated carbocycles. The maximum absolute atomic E-state index is 3.66. The Morgan fingerprint density at radius 1 is 0.354 bits per heavy atom. The van der Waals surface area contributed by atoms with E-state index in [1.54, 1.807) is 0 Å². The van der Waals surface area contributed by atoms with E-state index in [2.05, 4.69) is 217 Å². The van der Waals surface area contributed by atoms with Crippen LogP contribution in [0, 0.1) is 0 Å². The van der Waals surface area contributed by atoms with Gasteiger partial charge in [0.2, 0.25) is 0 Å². The molecule has 48 heavy (non-hydrogen) atoms. The molecular formula is C44H42Br2N2. The Bertz CT molecular complexity index is 1860. The molecule has 6 rings (SSSR count). The smallest absolute Gasteiger partial charge is 0.0390 e. The fraction of sp³-hybridized carbons (Fsp3) is 0.182. The molecule has 0 fully saturated rings. The van der Waals surface area contributed by atoms with Gasteiger partial charge in [0, 0.05) is 31.7 Å². The van der Waals surface area contributed by atoms with Crippen molar-refractivity contribution in [3.05, 3.63) is 154 Å². The Kier molecular flexibility index (Phi) is 9.69. The van der Waals surface area contributed by atoms with E-state index in [-0.39, 0.29) is 10.8 Å². The van der Waals surface area contributed by atoms with Crippen LogP contribution in [0.5, 0.6) is 0 Å². The average molecular weight is 759 g/mol. The van der Waals surface area contributed by atoms with Crippen molar-refractivity contribution in [2.24, 2.45) is 0 Å². The molecule has 0 heterocycles. The van der Waals surface area contributed by atoms with Crippen molar-refractivity contribution < 1.29 is 0 Å². The van der Waals surface area contributed by atoms with Crippen molar-refractivity contribution in [2.45, 2.75) is 52.4 Å². The first kappa shape index (κ1) is 33.8. The zero-order chi connectivity index (χ0) is 34.1. The van der Waals surface area contributed by atoms with E-state index in [4.69, 9.17) is 0 Å². The first-order valence-electron chi connectivity index (χ1n) is 16.4. The van der Waals surface area contributed by atoms with Gasteiger partial charge in [-0.25, -0.2) is 0 Å². The summed E-state index contributed by atoms with van der Waals surface area (Å²) in [6.07, 6.45) is 0. The predicted octanol–water partition coefficient (Wildman–Crippen LogP) is 14.3. The molecule has 0 saturated heterocycles. The van der Waals surface area contributed by atoms with E-state index < -0.39 is 0 Å². The third-order valence-corrected chi connectivity index (χ3v) is 9.78. The summed E-state index contributed by atoms with van der Waals surface area (Å²) in [4.78, 5) is 0. The summed E-state index contributed by atoms with van der Waals surface area (Å²) in [6.45, 7) is 13.5. The fourth-order valence-corrected chi connectivity index (χ4v) is 6.42. The highest BCUT2D eigenvalue weighted by molar-refractivity contribution is 9.10. The molecule has 0 unspecified atom stereocenters. The topological polar surface area (TPSA) is 24.1 Å². The molecule has 242 valence electrons. The Hall–Kier alpha value is -4.12. The monoisotopic (exact) mass is 756 g/mol. The fourth-order valence-electron chi connectivity index (χ4n) is 5.89. The van der Waals surface area contributed by atoms with Crippen molar-refractivity contribution >= 4 is 54.6 Å². The van der Waals surface area contributed by atoms with Gasteiger partial charge in [-0.3, -0.25) is 0 Å². The normalized spacial score (nSPS) is 11.8. The average Bonchev–Trinajstić information content (AvgIpc) is 3.05. The number of benzene rings is 6. The lowest BCUT2D eigenvalue weighted by atomic mass is 9.87. The molecule has 0 aliphatic carbocycles. The van der Waals surface area contributed by atoms with Crippen LogP contribution in [0.25, 0.3) is 33.4 Å². The van der Waals surface area contributed by atoms with Gasteiger partial charge >= 0.3 is 0 Å². The number of halogens is 2. The summed E-state index contributed by atoms with van der Waals surface area (Å²) < 4.78 is 2.12. The van der Waals surface area contributed by atoms with Crippen molar-refractivity contribution in [3.63, 3.8) is 0 Å². The minimum Gasteiger partial charge on any atom is -0.356 e. The molecular weight excluding hydrogens is 716 g/mol. The van der Waals surface area contributed by atoms with Crippen LogP contribution in [0.1, 0.15) is 52.7 Å². The van der Waals surface area contributed by atoms with E-state index in [9.17, 15) is 0 Å². The standard InChI is InChI=1S/C44H42Br2N2/c1-43(2,3)31-11-19-35(20-12-31)47-37-23-25-39(41(27-37)29-7-15-33(45)16-8-29)40-26-24-38(28-42(40)30-9-17-34(46)18-10-30)48-36-21-13-32(14-22-36)44(4,5)6/h7-28,47-48H,1-6H3. The van der Waals surface area contributed by atoms with Gasteiger partial charge in [0.25, 0.3) is 0 Å². The minimum atomic E-state index is 0.115. The largest absolute Gasteiger partial charge is 0.356 e. The quantitative estimate of drug-likeness (QED) is 0.169. The second kappa shape index (κ2) is 13.8. The van der Waals surface area contributed by atoms with E-state index in [1.165, 1.54) is 22.3 Å². The van der Waals surface area contributed by atoms with Gasteiger partial charge in [0.1, 0.15) is 0 Å². The van der Waals surface area contributed by atoms with Crippen LogP contribution in [0.4, 0.5) is 22.7 Å². The highest BCUT2D eigenvalue weighted by Gasteiger charge is 2.17. The third kappa shape index (κ3) is 7.94. The van der Waals surface area contributed by atoms with Gasteiger partial charge in [0.15, 0.2) is 0 Å². The molecule has 6 aromatic carbocycles. The van der Waals surface area contributed by atoms with Gasteiger partial charge in [0.05, 0.1) is 0 Å². The number of hydrogen-bond acceptors (Lipinski definition) is 2. The lowest BCUT2D eigenvalue weighted by molar-refractivity contribution is 0.590. The molecule has 2 N–H and O–H groups in total. The van der Waals surface area contributed by atoms with Crippen molar-refractivity contribution in [1.82, 2.24) is 0 Å². The minimum absolute atomic E-state index is 0.115. The molecule has 2 nitrogen and oxygen atoms in total. The molecule has 0 atom stereocenters. The van der Waals surface area contributed by atoms with Gasteiger partial charge < -0.3 is 10.6 Å². The van der Waals surface area contributed by atoms with E-state index >= 15 is 0 Å². The zero-order valence-electron chi connectivity index (χ0n) is 28.5. The predicted molar refractivity (Wildman–Crippen MR) is 215 cm³/mol. The van der Waals surface area contributed by atoms with Crippen LogP contribution >= 0.6 is 31.9 Å². The summed E-state index contributed by atoms with van der Waals surface area (Å²) in [5.41, 5.74) is 14.1. The molecule has 0 spiro atoms. The summed E-state index contributed by atoms with van der Waals surface area (Å²) >= 11 is 7.27. The number of anilines is 4. The Morgan fingerprint density at radius 2 is 0.667 bits per heavy atom. The summed E-state index contributed by atoms with van der Waals surface area (Å²) in [5.74, 6) is 0. The second-order valence-corrected chi connectivity index (χ2v) is 16.3. The maximum atomic E-state index is 3.66. The van der Waals surface area contributed by atoms with E-state index in [0.29, 0.717) is 0 Å². The number of rotatable bonds is 7. The second-order valence-electron chi connectivity index (χ2n) is 14.4. The van der Waals surface area contributed by atoms with Gasteiger partial charge in [-0.05, 0) is 128 Å². The summed E-state index contributed by atoms with van der Waals surface area (Å²) in [5, 5.41) is 7.32. The van der Waals surface area contributed by atoms with Crippen LogP contribution in [0.3, 0.4) is 0 Å². The van der Waals surface area contributed by atoms with Crippen molar-refractivity contribution in [2.75, 3.05) is 10.6 Å². The Balaban J connectivity index is 1.43. The first-order chi connectivity index (χ1) is 22.8. The van der Waals surface area contributed by atoms with E-state index in [1.807, 2.05) is 0 Å². The van der Waals surface area contributed by atoms with E-state index in [0.717, 1.165) is 53.9 Å². The number of nitrogens with one attached hydrogen (secondary N) is 2. The third-order valence-electron chi connectivity index (χ3n) is 8.72. The molecule has 0 radical (unpaired) electrons. The zero-order valence-corrected chi connectivity index (χ0v) is 31.6.